The van der Waals surface area contributed by atoms with Gasteiger partial charge in [0.15, 0.2) is 0 Å². The van der Waals surface area contributed by atoms with Crippen molar-refractivity contribution in [1.29, 1.82) is 0 Å². The van der Waals surface area contributed by atoms with Crippen molar-refractivity contribution in [3.05, 3.63) is 0 Å². The zero-order chi connectivity index (χ0) is 6.69. The van der Waals surface area contributed by atoms with E-state index in [0.717, 1.165) is 13.0 Å². The minimum Gasteiger partial charge on any atom is -0.389 e. The lowest BCUT2D eigenvalue weighted by atomic mass is 10.1. The van der Waals surface area contributed by atoms with E-state index < -0.39 is 0 Å². The molecule has 9 heavy (non-hydrogen) atoms. The van der Waals surface area contributed by atoms with Crippen LogP contribution in [0.5, 0.6) is 0 Å². The highest BCUT2D eigenvalue weighted by atomic mass is 16.5. The first kappa shape index (κ1) is 6.99. The number of nitrogens with one attached hydrogen (secondary N) is 1. The van der Waals surface area contributed by atoms with E-state index in [1.54, 1.807) is 0 Å². The number of hydrogen-bond donors (Lipinski definition) is 2. The normalized spacial score (nSPS) is 36.7. The third kappa shape index (κ3) is 1.64. The van der Waals surface area contributed by atoms with Crippen molar-refractivity contribution in [2.45, 2.75) is 18.6 Å². The van der Waals surface area contributed by atoms with Crippen LogP contribution >= 0.6 is 0 Å². The monoisotopic (exact) mass is 131 g/mol. The Morgan fingerprint density at radius 2 is 2.44 bits per heavy atom. The molecule has 1 fully saturated rings. The molecule has 1 heterocycles. The van der Waals surface area contributed by atoms with Gasteiger partial charge in [0, 0.05) is 12.6 Å². The first-order valence-corrected chi connectivity index (χ1v) is 3.27. The van der Waals surface area contributed by atoms with Crippen molar-refractivity contribution in [3.63, 3.8) is 0 Å². The molecule has 0 aliphatic carbocycles. The smallest absolute Gasteiger partial charge is 0.0926 e. The van der Waals surface area contributed by atoms with Crippen LogP contribution in [0.4, 0.5) is 0 Å². The van der Waals surface area contributed by atoms with Crippen LogP contribution in [0.25, 0.3) is 0 Å². The molecule has 0 radical (unpaired) electrons. The van der Waals surface area contributed by atoms with Crippen LogP contribution < -0.4 is 5.32 Å². The van der Waals surface area contributed by atoms with Gasteiger partial charge in [-0.1, -0.05) is 0 Å². The molecule has 0 aromatic rings. The molecule has 3 heteroatoms. The fraction of sp³-hybridized carbons (Fsp3) is 1.00. The minimum atomic E-state index is -0.316. The predicted molar refractivity (Wildman–Crippen MR) is 34.3 cm³/mol. The molecule has 0 aromatic heterocycles. The Kier molecular flexibility index (Phi) is 2.45. The molecule has 0 bridgehead atoms. The Bertz CT molecular complexity index is 87.1. The van der Waals surface area contributed by atoms with Crippen LogP contribution in [0.2, 0.25) is 0 Å². The first-order valence-electron chi connectivity index (χ1n) is 3.27. The molecule has 0 spiro atoms. The second-order valence-electron chi connectivity index (χ2n) is 2.33. The summed E-state index contributed by atoms with van der Waals surface area (Å²) >= 11 is 0. The molecular formula is C6H13NO2. The highest BCUT2D eigenvalue weighted by Gasteiger charge is 2.20. The van der Waals surface area contributed by atoms with Gasteiger partial charge in [0.25, 0.3) is 0 Å². The molecular weight excluding hydrogens is 118 g/mol. The Morgan fingerprint density at radius 3 is 2.89 bits per heavy atom. The first-order chi connectivity index (χ1) is 4.34. The molecule has 0 saturated carbocycles. The van der Waals surface area contributed by atoms with Gasteiger partial charge in [0.1, 0.15) is 0 Å². The number of rotatable bonds is 1. The summed E-state index contributed by atoms with van der Waals surface area (Å²) in [6.45, 7) is 1.24. The van der Waals surface area contributed by atoms with Crippen molar-refractivity contribution >= 4 is 0 Å². The third-order valence-electron chi connectivity index (χ3n) is 1.70. The van der Waals surface area contributed by atoms with Crippen LogP contribution in [0.3, 0.4) is 0 Å². The zero-order valence-corrected chi connectivity index (χ0v) is 5.63. The van der Waals surface area contributed by atoms with Gasteiger partial charge in [-0.15, -0.1) is 0 Å². The molecule has 1 aliphatic rings. The summed E-state index contributed by atoms with van der Waals surface area (Å²) in [5.41, 5.74) is 0. The quantitative estimate of drug-likeness (QED) is 0.497. The molecule has 2 N–H and O–H groups in total. The minimum absolute atomic E-state index is 0.235. The van der Waals surface area contributed by atoms with Crippen LogP contribution in [0, 0.1) is 0 Å². The lowest BCUT2D eigenvalue weighted by molar-refractivity contribution is -0.0258. The summed E-state index contributed by atoms with van der Waals surface area (Å²) < 4.78 is 5.02. The van der Waals surface area contributed by atoms with Gasteiger partial charge in [-0.2, -0.15) is 0 Å². The maximum Gasteiger partial charge on any atom is 0.0926 e. The Labute approximate surface area is 55.0 Å². The van der Waals surface area contributed by atoms with Crippen molar-refractivity contribution in [2.75, 3.05) is 20.3 Å². The highest BCUT2D eigenvalue weighted by molar-refractivity contribution is 4.76. The standard InChI is InChI=1S/C6H13NO2/c1-7-5-2-3-9-4-6(5)8/h5-8H,2-4H2,1H3. The molecule has 0 amide bonds. The van der Waals surface area contributed by atoms with Gasteiger partial charge in [-0.25, -0.2) is 0 Å². The van der Waals surface area contributed by atoms with E-state index in [0.29, 0.717) is 6.61 Å². The number of aliphatic hydroxyl groups excluding tert-OH is 1. The molecule has 2 unspecified atom stereocenters. The van der Waals surface area contributed by atoms with Crippen LogP contribution in [-0.4, -0.2) is 37.5 Å². The fourth-order valence-corrected chi connectivity index (χ4v) is 1.06. The van der Waals surface area contributed by atoms with E-state index in [-0.39, 0.29) is 12.1 Å². The second kappa shape index (κ2) is 3.15. The Morgan fingerprint density at radius 1 is 1.67 bits per heavy atom. The summed E-state index contributed by atoms with van der Waals surface area (Å²) in [4.78, 5) is 0. The van der Waals surface area contributed by atoms with Gasteiger partial charge >= 0.3 is 0 Å². The van der Waals surface area contributed by atoms with Gasteiger partial charge in [0.05, 0.1) is 12.7 Å². The lowest BCUT2D eigenvalue weighted by Gasteiger charge is -2.26. The van der Waals surface area contributed by atoms with Crippen molar-refractivity contribution in [1.82, 2.24) is 5.32 Å². The number of likely N-dealkylation sites (N-methyl/N-ethyl adjacent to an activating group) is 1. The maximum atomic E-state index is 9.18. The van der Waals surface area contributed by atoms with E-state index >= 15 is 0 Å². The number of hydrogen-bond acceptors (Lipinski definition) is 3. The van der Waals surface area contributed by atoms with Crippen molar-refractivity contribution in [2.24, 2.45) is 0 Å². The molecule has 1 aliphatic heterocycles. The van der Waals surface area contributed by atoms with Crippen molar-refractivity contribution < 1.29 is 9.84 Å². The number of ether oxygens (including phenoxy) is 1. The molecule has 54 valence electrons. The average Bonchev–Trinajstić information content (AvgIpc) is 1.89. The average molecular weight is 131 g/mol. The molecule has 0 aromatic carbocycles. The van der Waals surface area contributed by atoms with E-state index in [2.05, 4.69) is 5.32 Å². The van der Waals surface area contributed by atoms with E-state index in [1.165, 1.54) is 0 Å². The topological polar surface area (TPSA) is 41.5 Å². The summed E-state index contributed by atoms with van der Waals surface area (Å²) in [5, 5.41) is 12.2. The second-order valence-corrected chi connectivity index (χ2v) is 2.33. The maximum absolute atomic E-state index is 9.18. The number of aliphatic hydroxyl groups is 1. The summed E-state index contributed by atoms with van der Waals surface area (Å²) in [7, 11) is 1.86. The van der Waals surface area contributed by atoms with E-state index in [9.17, 15) is 5.11 Å². The van der Waals surface area contributed by atoms with Crippen LogP contribution in [0.1, 0.15) is 6.42 Å². The van der Waals surface area contributed by atoms with Crippen LogP contribution in [-0.2, 0) is 4.74 Å². The zero-order valence-electron chi connectivity index (χ0n) is 5.63. The van der Waals surface area contributed by atoms with Gasteiger partial charge in [-0.05, 0) is 13.5 Å². The molecule has 2 atom stereocenters. The SMILES string of the molecule is CNC1CCOCC1O. The fourth-order valence-electron chi connectivity index (χ4n) is 1.06. The summed E-state index contributed by atoms with van der Waals surface area (Å²) in [5.74, 6) is 0. The van der Waals surface area contributed by atoms with Gasteiger partial charge in [0.2, 0.25) is 0 Å². The molecule has 1 saturated heterocycles. The Hall–Kier alpha value is -0.120. The lowest BCUT2D eigenvalue weighted by Crippen LogP contribution is -2.44. The molecule has 1 rings (SSSR count). The van der Waals surface area contributed by atoms with Gasteiger partial charge in [-0.3, -0.25) is 0 Å². The highest BCUT2D eigenvalue weighted by Crippen LogP contribution is 2.05. The summed E-state index contributed by atoms with van der Waals surface area (Å²) in [6, 6.07) is 0.235. The van der Waals surface area contributed by atoms with Crippen molar-refractivity contribution in [3.8, 4) is 0 Å². The third-order valence-corrected chi connectivity index (χ3v) is 1.70. The van der Waals surface area contributed by atoms with E-state index in [1.807, 2.05) is 7.05 Å². The summed E-state index contributed by atoms with van der Waals surface area (Å²) in [6.07, 6.45) is 0.598. The van der Waals surface area contributed by atoms with E-state index in [4.69, 9.17) is 4.74 Å². The Balaban J connectivity index is 2.30. The van der Waals surface area contributed by atoms with Gasteiger partial charge < -0.3 is 15.2 Å². The largest absolute Gasteiger partial charge is 0.389 e. The predicted octanol–water partition coefficient (Wildman–Crippen LogP) is -0.644. The van der Waals surface area contributed by atoms with Crippen LogP contribution in [0.15, 0.2) is 0 Å². The molecule has 3 nitrogen and oxygen atoms in total.